The smallest absolute Gasteiger partial charge is 0.341 e. The molecule has 0 aliphatic carbocycles. The van der Waals surface area contributed by atoms with E-state index in [1.54, 1.807) is 23.5 Å². The van der Waals surface area contributed by atoms with E-state index in [0.29, 0.717) is 25.0 Å². The van der Waals surface area contributed by atoms with Gasteiger partial charge >= 0.3 is 6.01 Å². The summed E-state index contributed by atoms with van der Waals surface area (Å²) < 4.78 is 27.2. The van der Waals surface area contributed by atoms with Crippen LogP contribution in [0.1, 0.15) is 11.8 Å². The summed E-state index contributed by atoms with van der Waals surface area (Å²) in [5, 5.41) is 14.2. The Morgan fingerprint density at radius 3 is 2.81 bits per heavy atom. The molecule has 2 aliphatic rings. The van der Waals surface area contributed by atoms with E-state index >= 15 is 0 Å². The van der Waals surface area contributed by atoms with Crippen LogP contribution >= 0.6 is 0 Å². The lowest BCUT2D eigenvalue weighted by molar-refractivity contribution is -0.709. The Bertz CT molecular complexity index is 1140. The average molecular weight is 436 g/mol. The van der Waals surface area contributed by atoms with E-state index in [4.69, 9.17) is 18.6 Å². The fourth-order valence-corrected chi connectivity index (χ4v) is 4.28. The van der Waals surface area contributed by atoms with Gasteiger partial charge in [-0.15, -0.1) is 0 Å². The number of nitrogens with two attached hydrogens (primary N) is 1. The number of hydrogen-bond donors (Lipinski definition) is 1. The predicted octanol–water partition coefficient (Wildman–Crippen LogP) is 0.715. The molecular formula is C21H22N7O4+. The van der Waals surface area contributed by atoms with Gasteiger partial charge in [-0.2, -0.15) is 4.68 Å². The standard InChI is InChI=1S/C21H21N7O4/c1-2-16(29-9-1)10-23-17-11-30-20-18(12-31-19(17)20)28-21(24-25-26-28)32-15-5-3-14(4-6-15)27-8-7-22-13-27/h1-9,13,17-20,23H,10-12H2/p+1/t17-,18-,19+,20+/m0/s1. The lowest BCUT2D eigenvalue weighted by Gasteiger charge is -2.16. The number of imidazole rings is 1. The summed E-state index contributed by atoms with van der Waals surface area (Å²) >= 11 is 0. The van der Waals surface area contributed by atoms with Crippen molar-refractivity contribution >= 4 is 0 Å². The Hall–Kier alpha value is -3.54. The lowest BCUT2D eigenvalue weighted by Crippen LogP contribution is -2.91. The lowest BCUT2D eigenvalue weighted by atomic mass is 10.1. The van der Waals surface area contributed by atoms with Crippen molar-refractivity contribution in [3.63, 3.8) is 0 Å². The molecule has 0 unspecified atom stereocenters. The van der Waals surface area contributed by atoms with Crippen LogP contribution in [0.3, 0.4) is 0 Å². The Morgan fingerprint density at radius 1 is 1.09 bits per heavy atom. The van der Waals surface area contributed by atoms with Crippen LogP contribution in [-0.4, -0.2) is 61.2 Å². The van der Waals surface area contributed by atoms with Crippen LogP contribution in [0.5, 0.6) is 11.8 Å². The number of benzene rings is 1. The van der Waals surface area contributed by atoms with Gasteiger partial charge in [0.05, 0.1) is 19.2 Å². The molecule has 164 valence electrons. The maximum atomic E-state index is 6.09. The second-order valence-corrected chi connectivity index (χ2v) is 7.82. The summed E-state index contributed by atoms with van der Waals surface area (Å²) in [6.45, 7) is 1.80. The van der Waals surface area contributed by atoms with E-state index in [-0.39, 0.29) is 24.3 Å². The van der Waals surface area contributed by atoms with Crippen LogP contribution < -0.4 is 10.1 Å². The van der Waals surface area contributed by atoms with Gasteiger partial charge in [-0.05, 0) is 46.8 Å². The minimum Gasteiger partial charge on any atom is -0.463 e. The first-order valence-corrected chi connectivity index (χ1v) is 10.5. The minimum atomic E-state index is -0.155. The molecule has 32 heavy (non-hydrogen) atoms. The zero-order chi connectivity index (χ0) is 21.3. The molecule has 0 radical (unpaired) electrons. The molecule has 11 nitrogen and oxygen atoms in total. The number of ether oxygens (including phenoxy) is 3. The molecule has 6 rings (SSSR count). The van der Waals surface area contributed by atoms with Crippen molar-refractivity contribution in [1.82, 2.24) is 29.8 Å². The molecule has 2 fully saturated rings. The largest absolute Gasteiger partial charge is 0.463 e. The second-order valence-electron chi connectivity index (χ2n) is 7.82. The van der Waals surface area contributed by atoms with Crippen LogP contribution in [0.25, 0.3) is 5.69 Å². The summed E-state index contributed by atoms with van der Waals surface area (Å²) in [6, 6.07) is 11.8. The van der Waals surface area contributed by atoms with Gasteiger partial charge in [0.15, 0.2) is 5.76 Å². The van der Waals surface area contributed by atoms with Gasteiger partial charge in [0.1, 0.15) is 43.2 Å². The maximum Gasteiger partial charge on any atom is 0.341 e. The van der Waals surface area contributed by atoms with Gasteiger partial charge in [-0.3, -0.25) is 0 Å². The third kappa shape index (κ3) is 3.55. The second kappa shape index (κ2) is 8.19. The van der Waals surface area contributed by atoms with Gasteiger partial charge < -0.3 is 28.5 Å². The summed E-state index contributed by atoms with van der Waals surface area (Å²) in [5.41, 5.74) is 0.984. The van der Waals surface area contributed by atoms with Crippen LogP contribution in [0.2, 0.25) is 0 Å². The number of aromatic nitrogens is 6. The quantitative estimate of drug-likeness (QED) is 0.450. The Morgan fingerprint density at radius 2 is 2.00 bits per heavy atom. The molecule has 4 atom stereocenters. The van der Waals surface area contributed by atoms with Crippen LogP contribution in [0.4, 0.5) is 0 Å². The first-order chi connectivity index (χ1) is 15.8. The number of furan rings is 1. The zero-order valence-corrected chi connectivity index (χ0v) is 17.1. The fourth-order valence-electron chi connectivity index (χ4n) is 4.28. The van der Waals surface area contributed by atoms with E-state index in [1.165, 1.54) is 0 Å². The highest BCUT2D eigenvalue weighted by molar-refractivity contribution is 5.38. The number of hydrogen-bond acceptors (Lipinski definition) is 8. The number of fused-ring (bicyclic) bond motifs is 1. The van der Waals surface area contributed by atoms with Gasteiger partial charge in [-0.1, -0.05) is 5.10 Å². The first kappa shape index (κ1) is 19.2. The molecular weight excluding hydrogens is 414 g/mol. The third-order valence-electron chi connectivity index (χ3n) is 5.89. The number of quaternary nitrogens is 1. The van der Waals surface area contributed by atoms with Gasteiger partial charge in [-0.25, -0.2) is 4.98 Å². The molecule has 3 aromatic heterocycles. The van der Waals surface area contributed by atoms with Gasteiger partial charge in [0.25, 0.3) is 0 Å². The van der Waals surface area contributed by atoms with Crippen molar-refractivity contribution in [1.29, 1.82) is 0 Å². The summed E-state index contributed by atoms with van der Waals surface area (Å²) in [5.74, 6) is 1.57. The molecule has 0 amide bonds. The summed E-state index contributed by atoms with van der Waals surface area (Å²) in [7, 11) is 0. The van der Waals surface area contributed by atoms with E-state index in [9.17, 15) is 0 Å². The van der Waals surface area contributed by atoms with Crippen molar-refractivity contribution in [2.24, 2.45) is 0 Å². The highest BCUT2D eigenvalue weighted by Crippen LogP contribution is 2.35. The molecule has 4 aromatic rings. The first-order valence-electron chi connectivity index (χ1n) is 10.5. The van der Waals surface area contributed by atoms with Crippen molar-refractivity contribution < 1.29 is 23.9 Å². The van der Waals surface area contributed by atoms with Crippen LogP contribution in [0, 0.1) is 0 Å². The van der Waals surface area contributed by atoms with Crippen LogP contribution in [-0.2, 0) is 16.0 Å². The van der Waals surface area contributed by atoms with Crippen LogP contribution in [0.15, 0.2) is 65.8 Å². The zero-order valence-electron chi connectivity index (χ0n) is 17.1. The molecule has 1 aromatic carbocycles. The topological polar surface area (TPSA) is 119 Å². The van der Waals surface area contributed by atoms with E-state index in [1.807, 2.05) is 47.2 Å². The molecule has 2 saturated heterocycles. The molecule has 0 bridgehead atoms. The average Bonchev–Trinajstić information content (AvgIpc) is 3.63. The number of nitrogens with zero attached hydrogens (tertiary/aromatic N) is 6. The van der Waals surface area contributed by atoms with Gasteiger partial charge in [0, 0.05) is 18.1 Å². The third-order valence-corrected chi connectivity index (χ3v) is 5.89. The predicted molar refractivity (Wildman–Crippen MR) is 108 cm³/mol. The minimum absolute atomic E-state index is 0.0403. The summed E-state index contributed by atoms with van der Waals surface area (Å²) in [6.07, 6.45) is 6.87. The molecule has 5 heterocycles. The monoisotopic (exact) mass is 436 g/mol. The number of rotatable bonds is 7. The van der Waals surface area contributed by atoms with E-state index in [2.05, 4.69) is 25.8 Å². The SMILES string of the molecule is c1coc(C[NH2+][C@H]2CO[C@H]3[C@@H]2OC[C@@H]3n2nnnc2Oc2ccc(-n3ccnc3)cc2)c1. The fraction of sp³-hybridized carbons (Fsp3) is 0.333. The Balaban J connectivity index is 1.13. The molecule has 0 saturated carbocycles. The Labute approximate surface area is 182 Å². The molecule has 11 heteroatoms. The summed E-state index contributed by atoms with van der Waals surface area (Å²) in [4.78, 5) is 4.06. The normalized spacial score (nSPS) is 24.6. The van der Waals surface area contributed by atoms with E-state index < -0.39 is 0 Å². The highest BCUT2D eigenvalue weighted by Gasteiger charge is 2.51. The van der Waals surface area contributed by atoms with Crippen molar-refractivity contribution in [3.05, 3.63) is 67.1 Å². The van der Waals surface area contributed by atoms with Crippen molar-refractivity contribution in [2.75, 3.05) is 13.2 Å². The molecule has 2 N–H and O–H groups in total. The molecule has 0 spiro atoms. The number of tetrazole rings is 1. The highest BCUT2D eigenvalue weighted by atomic mass is 16.6. The van der Waals surface area contributed by atoms with Crippen molar-refractivity contribution in [3.8, 4) is 17.4 Å². The van der Waals surface area contributed by atoms with E-state index in [0.717, 1.165) is 18.0 Å². The van der Waals surface area contributed by atoms with Crippen molar-refractivity contribution in [2.45, 2.75) is 30.8 Å². The molecule has 2 aliphatic heterocycles. The van der Waals surface area contributed by atoms with Gasteiger partial charge in [0.2, 0.25) is 0 Å². The Kier molecular flexibility index (Phi) is 4.90. The maximum absolute atomic E-state index is 6.09.